The highest BCUT2D eigenvalue weighted by atomic mass is 16.6. The summed E-state index contributed by atoms with van der Waals surface area (Å²) in [5.41, 5.74) is 0.0962. The molecule has 6 nitrogen and oxygen atoms in total. The normalized spacial score (nSPS) is 15.4. The third-order valence-electron chi connectivity index (χ3n) is 3.14. The zero-order chi connectivity index (χ0) is 14.5. The van der Waals surface area contributed by atoms with Crippen molar-refractivity contribution in [2.45, 2.75) is 25.8 Å². The highest BCUT2D eigenvalue weighted by Crippen LogP contribution is 2.28. The van der Waals surface area contributed by atoms with Crippen molar-refractivity contribution < 1.29 is 9.66 Å². The molecule has 0 aliphatic heterocycles. The molecule has 1 aliphatic rings. The number of rotatable bonds is 7. The topological polar surface area (TPSA) is 88.2 Å². The number of benzene rings is 1. The first kappa shape index (κ1) is 14.3. The number of nitriles is 1. The maximum atomic E-state index is 11.0. The van der Waals surface area contributed by atoms with Crippen LogP contribution in [0.25, 0.3) is 0 Å². The average Bonchev–Trinajstić information content (AvgIpc) is 3.26. The monoisotopic (exact) mass is 275 g/mol. The fraction of sp³-hybridized carbons (Fsp3) is 0.500. The number of nitro benzene ring substituents is 1. The van der Waals surface area contributed by atoms with Crippen LogP contribution in [0, 0.1) is 27.4 Å². The summed E-state index contributed by atoms with van der Waals surface area (Å²) < 4.78 is 5.52. The largest absolute Gasteiger partial charge is 0.486 e. The first-order valence-electron chi connectivity index (χ1n) is 6.65. The van der Waals surface area contributed by atoms with Gasteiger partial charge in [0, 0.05) is 24.6 Å². The molecule has 1 atom stereocenters. The number of hydrogen-bond acceptors (Lipinski definition) is 5. The van der Waals surface area contributed by atoms with E-state index in [-0.39, 0.29) is 22.9 Å². The summed E-state index contributed by atoms with van der Waals surface area (Å²) in [5, 5.41) is 23.1. The Hall–Kier alpha value is -2.13. The van der Waals surface area contributed by atoms with Crippen molar-refractivity contribution >= 4 is 5.69 Å². The molecule has 1 aliphatic carbocycles. The third-order valence-corrected chi connectivity index (χ3v) is 3.14. The second-order valence-corrected chi connectivity index (χ2v) is 5.15. The van der Waals surface area contributed by atoms with Crippen molar-refractivity contribution in [2.24, 2.45) is 5.92 Å². The lowest BCUT2D eigenvalue weighted by Gasteiger charge is -2.13. The molecule has 0 spiro atoms. The summed E-state index contributed by atoms with van der Waals surface area (Å²) in [6.07, 6.45) is 2.46. The quantitative estimate of drug-likeness (QED) is 0.609. The number of hydrogen-bond donors (Lipinski definition) is 1. The molecule has 20 heavy (non-hydrogen) atoms. The minimum Gasteiger partial charge on any atom is -0.486 e. The van der Waals surface area contributed by atoms with Crippen LogP contribution < -0.4 is 10.1 Å². The van der Waals surface area contributed by atoms with Crippen molar-refractivity contribution in [3.05, 3.63) is 33.9 Å². The van der Waals surface area contributed by atoms with Gasteiger partial charge in [0.25, 0.3) is 0 Å². The molecule has 2 rings (SSSR count). The Bertz CT molecular complexity index is 535. The Morgan fingerprint density at radius 2 is 2.35 bits per heavy atom. The van der Waals surface area contributed by atoms with E-state index in [1.807, 2.05) is 13.0 Å². The van der Waals surface area contributed by atoms with Crippen LogP contribution in [-0.2, 0) is 0 Å². The van der Waals surface area contributed by atoms with Gasteiger partial charge in [0.15, 0.2) is 5.75 Å². The Morgan fingerprint density at radius 3 is 2.95 bits per heavy atom. The van der Waals surface area contributed by atoms with E-state index in [1.54, 1.807) is 0 Å². The molecule has 1 saturated carbocycles. The average molecular weight is 275 g/mol. The first-order valence-corrected chi connectivity index (χ1v) is 6.65. The number of nitrogens with zero attached hydrogens (tertiary/aromatic N) is 2. The van der Waals surface area contributed by atoms with Crippen molar-refractivity contribution in [2.75, 3.05) is 13.2 Å². The molecule has 1 aromatic rings. The molecule has 0 amide bonds. The lowest BCUT2D eigenvalue weighted by atomic mass is 10.2. The Kier molecular flexibility index (Phi) is 4.53. The van der Waals surface area contributed by atoms with Crippen LogP contribution in [0.2, 0.25) is 0 Å². The summed E-state index contributed by atoms with van der Waals surface area (Å²) >= 11 is 0. The van der Waals surface area contributed by atoms with Gasteiger partial charge in [0.2, 0.25) is 0 Å². The fourth-order valence-corrected chi connectivity index (χ4v) is 1.80. The first-order chi connectivity index (χ1) is 9.60. The van der Waals surface area contributed by atoms with E-state index in [1.165, 1.54) is 31.0 Å². The maximum absolute atomic E-state index is 11.0. The molecule has 0 bridgehead atoms. The van der Waals surface area contributed by atoms with Gasteiger partial charge in [-0.25, -0.2) is 0 Å². The van der Waals surface area contributed by atoms with Crippen LogP contribution in [0.5, 0.6) is 5.75 Å². The van der Waals surface area contributed by atoms with Crippen LogP contribution in [0.3, 0.4) is 0 Å². The van der Waals surface area contributed by atoms with E-state index in [4.69, 9.17) is 10.00 Å². The van der Waals surface area contributed by atoms with E-state index < -0.39 is 4.92 Å². The molecule has 1 unspecified atom stereocenters. The van der Waals surface area contributed by atoms with Crippen LogP contribution in [0.15, 0.2) is 18.2 Å². The maximum Gasteiger partial charge on any atom is 0.312 e. The van der Waals surface area contributed by atoms with Crippen LogP contribution in [0.4, 0.5) is 5.69 Å². The Balaban J connectivity index is 1.93. The summed E-state index contributed by atoms with van der Waals surface area (Å²) in [6, 6.07) is 6.77. The molecule has 0 saturated heterocycles. The van der Waals surface area contributed by atoms with Gasteiger partial charge in [-0.1, -0.05) is 6.92 Å². The highest BCUT2D eigenvalue weighted by molar-refractivity contribution is 5.51. The van der Waals surface area contributed by atoms with Crippen molar-refractivity contribution in [3.8, 4) is 11.8 Å². The second-order valence-electron chi connectivity index (χ2n) is 5.15. The lowest BCUT2D eigenvalue weighted by Crippen LogP contribution is -2.26. The van der Waals surface area contributed by atoms with Gasteiger partial charge in [-0.2, -0.15) is 5.26 Å². The zero-order valence-electron chi connectivity index (χ0n) is 11.3. The smallest absolute Gasteiger partial charge is 0.312 e. The molecular weight excluding hydrogens is 258 g/mol. The minimum absolute atomic E-state index is 0.161. The third kappa shape index (κ3) is 3.93. The number of nitrogens with one attached hydrogen (secondary N) is 1. The summed E-state index contributed by atoms with van der Waals surface area (Å²) in [7, 11) is 0. The molecule has 1 N–H and O–H groups in total. The Morgan fingerprint density at radius 1 is 1.60 bits per heavy atom. The number of ether oxygens (including phenoxy) is 1. The van der Waals surface area contributed by atoms with Crippen LogP contribution in [0.1, 0.15) is 25.3 Å². The van der Waals surface area contributed by atoms with E-state index in [2.05, 4.69) is 5.32 Å². The predicted molar refractivity (Wildman–Crippen MR) is 73.5 cm³/mol. The molecule has 106 valence electrons. The minimum atomic E-state index is -0.525. The standard InChI is InChI=1S/C14H17N3O3/c1-10(8-16-12-3-4-12)9-20-14-5-2-11(7-15)6-13(14)17(18)19/h2,5-6,10,12,16H,3-4,8-9H2,1H3. The van der Waals surface area contributed by atoms with Gasteiger partial charge >= 0.3 is 5.69 Å². The fourth-order valence-electron chi connectivity index (χ4n) is 1.80. The second kappa shape index (κ2) is 6.35. The van der Waals surface area contributed by atoms with E-state index in [0.29, 0.717) is 12.6 Å². The molecule has 0 radical (unpaired) electrons. The van der Waals surface area contributed by atoms with Gasteiger partial charge in [-0.15, -0.1) is 0 Å². The molecule has 1 aromatic carbocycles. The molecule has 0 aromatic heterocycles. The molecular formula is C14H17N3O3. The summed E-state index contributed by atoms with van der Waals surface area (Å²) in [5.74, 6) is 0.484. The lowest BCUT2D eigenvalue weighted by molar-refractivity contribution is -0.385. The van der Waals surface area contributed by atoms with Gasteiger partial charge in [-0.05, 0) is 25.0 Å². The number of nitro groups is 1. The van der Waals surface area contributed by atoms with Crippen molar-refractivity contribution in [1.29, 1.82) is 5.26 Å². The van der Waals surface area contributed by atoms with Gasteiger partial charge in [-0.3, -0.25) is 10.1 Å². The van der Waals surface area contributed by atoms with Gasteiger partial charge in [0.1, 0.15) is 0 Å². The summed E-state index contributed by atoms with van der Waals surface area (Å²) in [6.45, 7) is 3.28. The van der Waals surface area contributed by atoms with E-state index >= 15 is 0 Å². The van der Waals surface area contributed by atoms with Crippen molar-refractivity contribution in [1.82, 2.24) is 5.32 Å². The zero-order valence-corrected chi connectivity index (χ0v) is 11.3. The van der Waals surface area contributed by atoms with Crippen molar-refractivity contribution in [3.63, 3.8) is 0 Å². The van der Waals surface area contributed by atoms with Crippen LogP contribution >= 0.6 is 0 Å². The predicted octanol–water partition coefficient (Wildman–Crippen LogP) is 2.23. The van der Waals surface area contributed by atoms with Gasteiger partial charge in [0.05, 0.1) is 23.2 Å². The van der Waals surface area contributed by atoms with E-state index in [9.17, 15) is 10.1 Å². The van der Waals surface area contributed by atoms with E-state index in [0.717, 1.165) is 6.54 Å². The van der Waals surface area contributed by atoms with Crippen LogP contribution in [-0.4, -0.2) is 24.1 Å². The molecule has 0 heterocycles. The SMILES string of the molecule is CC(CNC1CC1)COc1ccc(C#N)cc1[N+](=O)[O-]. The molecule has 6 heteroatoms. The van der Waals surface area contributed by atoms with Gasteiger partial charge < -0.3 is 10.1 Å². The summed E-state index contributed by atoms with van der Waals surface area (Å²) in [4.78, 5) is 10.4. The highest BCUT2D eigenvalue weighted by Gasteiger charge is 2.21. The Labute approximate surface area is 117 Å². The molecule has 1 fully saturated rings.